The Morgan fingerprint density at radius 3 is 2.82 bits per heavy atom. The quantitative estimate of drug-likeness (QED) is 0.591. The fraction of sp³-hybridized carbons (Fsp3) is 0.857. The zero-order valence-electron chi connectivity index (χ0n) is 6.38. The van der Waals surface area contributed by atoms with E-state index < -0.39 is 0 Å². The van der Waals surface area contributed by atoms with Gasteiger partial charge in [-0.3, -0.25) is 4.79 Å². The summed E-state index contributed by atoms with van der Waals surface area (Å²) in [5, 5.41) is 3.11. The molecule has 1 N–H and O–H groups in total. The maximum atomic E-state index is 11.5. The first-order chi connectivity index (χ1) is 5.38. The van der Waals surface area contributed by atoms with E-state index in [4.69, 9.17) is 0 Å². The van der Waals surface area contributed by atoms with Crippen molar-refractivity contribution in [1.29, 1.82) is 0 Å². The van der Waals surface area contributed by atoms with E-state index >= 15 is 0 Å². The molecule has 2 heterocycles. The zero-order valence-corrected chi connectivity index (χ0v) is 7.19. The zero-order chi connectivity index (χ0) is 7.68. The Kier molecular flexibility index (Phi) is 2.05. The van der Waals surface area contributed by atoms with Gasteiger partial charge in [0.25, 0.3) is 0 Å². The average molecular weight is 172 g/mol. The van der Waals surface area contributed by atoms with Crippen LogP contribution in [0.2, 0.25) is 0 Å². The van der Waals surface area contributed by atoms with Gasteiger partial charge in [0, 0.05) is 25.4 Å². The minimum atomic E-state index is 0.286. The van der Waals surface area contributed by atoms with Crippen molar-refractivity contribution in [2.45, 2.75) is 0 Å². The van der Waals surface area contributed by atoms with E-state index in [9.17, 15) is 4.79 Å². The SMILES string of the molecule is O=C(C1CNC1)N1CCSC1. The van der Waals surface area contributed by atoms with E-state index in [1.165, 1.54) is 0 Å². The third kappa shape index (κ3) is 1.37. The summed E-state index contributed by atoms with van der Waals surface area (Å²) in [6, 6.07) is 0. The van der Waals surface area contributed by atoms with Crippen LogP contribution in [-0.2, 0) is 4.79 Å². The fourth-order valence-corrected chi connectivity index (χ4v) is 2.26. The van der Waals surface area contributed by atoms with Crippen molar-refractivity contribution >= 4 is 17.7 Å². The standard InChI is InChI=1S/C7H12N2OS/c10-7(6-3-8-4-6)9-1-2-11-5-9/h6,8H,1-5H2. The third-order valence-electron chi connectivity index (χ3n) is 2.20. The Labute approximate surface area is 70.5 Å². The van der Waals surface area contributed by atoms with Crippen molar-refractivity contribution in [3.05, 3.63) is 0 Å². The summed E-state index contributed by atoms with van der Waals surface area (Å²) >= 11 is 1.85. The van der Waals surface area contributed by atoms with Gasteiger partial charge >= 0.3 is 0 Å². The molecule has 2 aliphatic heterocycles. The molecule has 11 heavy (non-hydrogen) atoms. The lowest BCUT2D eigenvalue weighted by Crippen LogP contribution is -2.51. The molecule has 0 saturated carbocycles. The second kappa shape index (κ2) is 3.03. The summed E-state index contributed by atoms with van der Waals surface area (Å²) in [6.07, 6.45) is 0. The van der Waals surface area contributed by atoms with Crippen molar-refractivity contribution in [3.8, 4) is 0 Å². The van der Waals surface area contributed by atoms with Gasteiger partial charge < -0.3 is 10.2 Å². The minimum absolute atomic E-state index is 0.286. The van der Waals surface area contributed by atoms with Crippen molar-refractivity contribution in [2.75, 3.05) is 31.3 Å². The molecule has 0 bridgehead atoms. The molecule has 0 aliphatic carbocycles. The van der Waals surface area contributed by atoms with Crippen LogP contribution < -0.4 is 5.32 Å². The van der Waals surface area contributed by atoms with Gasteiger partial charge in [-0.25, -0.2) is 0 Å². The summed E-state index contributed by atoms with van der Waals surface area (Å²) in [6.45, 7) is 2.74. The van der Waals surface area contributed by atoms with Gasteiger partial charge in [-0.2, -0.15) is 0 Å². The molecule has 0 unspecified atom stereocenters. The molecule has 0 aromatic carbocycles. The summed E-state index contributed by atoms with van der Waals surface area (Å²) in [7, 11) is 0. The van der Waals surface area contributed by atoms with Crippen LogP contribution in [0.25, 0.3) is 0 Å². The second-order valence-electron chi connectivity index (χ2n) is 2.99. The molecule has 4 heteroatoms. The fourth-order valence-electron chi connectivity index (χ4n) is 1.31. The highest BCUT2D eigenvalue weighted by molar-refractivity contribution is 7.99. The van der Waals surface area contributed by atoms with Gasteiger partial charge in [0.1, 0.15) is 0 Å². The first kappa shape index (κ1) is 7.43. The number of amides is 1. The maximum absolute atomic E-state index is 11.5. The third-order valence-corrected chi connectivity index (χ3v) is 3.16. The lowest BCUT2D eigenvalue weighted by Gasteiger charge is -2.29. The van der Waals surface area contributed by atoms with Crippen molar-refractivity contribution < 1.29 is 4.79 Å². The lowest BCUT2D eigenvalue weighted by molar-refractivity contribution is -0.135. The Morgan fingerprint density at radius 1 is 1.55 bits per heavy atom. The first-order valence-electron chi connectivity index (χ1n) is 3.95. The number of nitrogens with zero attached hydrogens (tertiary/aromatic N) is 1. The van der Waals surface area contributed by atoms with Crippen LogP contribution in [0.5, 0.6) is 0 Å². The Bertz CT molecular complexity index is 164. The smallest absolute Gasteiger partial charge is 0.228 e. The van der Waals surface area contributed by atoms with E-state index in [1.807, 2.05) is 16.7 Å². The van der Waals surface area contributed by atoms with Crippen LogP contribution >= 0.6 is 11.8 Å². The van der Waals surface area contributed by atoms with Gasteiger partial charge in [0.05, 0.1) is 11.8 Å². The molecule has 0 atom stereocenters. The van der Waals surface area contributed by atoms with E-state index in [-0.39, 0.29) is 5.92 Å². The Hall–Kier alpha value is -0.220. The first-order valence-corrected chi connectivity index (χ1v) is 5.10. The number of hydrogen-bond acceptors (Lipinski definition) is 3. The number of carbonyl (C=O) groups is 1. The highest BCUT2D eigenvalue weighted by atomic mass is 32.2. The highest BCUT2D eigenvalue weighted by Gasteiger charge is 2.30. The van der Waals surface area contributed by atoms with E-state index in [2.05, 4.69) is 5.32 Å². The predicted octanol–water partition coefficient (Wildman–Crippen LogP) is -0.261. The molecule has 2 rings (SSSR count). The molecule has 2 aliphatic rings. The molecule has 1 amide bonds. The molecule has 0 spiro atoms. The Morgan fingerprint density at radius 2 is 2.36 bits per heavy atom. The normalized spacial score (nSPS) is 25.3. The van der Waals surface area contributed by atoms with E-state index in [0.717, 1.165) is 31.3 Å². The summed E-state index contributed by atoms with van der Waals surface area (Å²) in [4.78, 5) is 13.5. The molecule has 2 fully saturated rings. The number of rotatable bonds is 1. The topological polar surface area (TPSA) is 32.3 Å². The van der Waals surface area contributed by atoms with Crippen molar-refractivity contribution in [1.82, 2.24) is 10.2 Å². The monoisotopic (exact) mass is 172 g/mol. The number of nitrogens with one attached hydrogen (secondary N) is 1. The average Bonchev–Trinajstić information content (AvgIpc) is 2.32. The van der Waals surface area contributed by atoms with Crippen LogP contribution in [0.1, 0.15) is 0 Å². The minimum Gasteiger partial charge on any atom is -0.332 e. The van der Waals surface area contributed by atoms with Crippen LogP contribution in [0.15, 0.2) is 0 Å². The van der Waals surface area contributed by atoms with Gasteiger partial charge in [0.15, 0.2) is 0 Å². The molecule has 2 saturated heterocycles. The van der Waals surface area contributed by atoms with E-state index in [0.29, 0.717) is 5.91 Å². The molecule has 0 radical (unpaired) electrons. The Balaban J connectivity index is 1.87. The predicted molar refractivity (Wildman–Crippen MR) is 45.4 cm³/mol. The van der Waals surface area contributed by atoms with E-state index in [1.54, 1.807) is 0 Å². The number of hydrogen-bond donors (Lipinski definition) is 1. The van der Waals surface area contributed by atoms with Gasteiger partial charge in [0.2, 0.25) is 5.91 Å². The van der Waals surface area contributed by atoms with Crippen LogP contribution in [0.4, 0.5) is 0 Å². The van der Waals surface area contributed by atoms with Gasteiger partial charge in [-0.05, 0) is 0 Å². The van der Waals surface area contributed by atoms with Crippen LogP contribution in [0, 0.1) is 5.92 Å². The molecular weight excluding hydrogens is 160 g/mol. The van der Waals surface area contributed by atoms with Crippen LogP contribution in [0.3, 0.4) is 0 Å². The largest absolute Gasteiger partial charge is 0.332 e. The molecular formula is C7H12N2OS. The molecule has 3 nitrogen and oxygen atoms in total. The maximum Gasteiger partial charge on any atom is 0.228 e. The van der Waals surface area contributed by atoms with Crippen molar-refractivity contribution in [3.63, 3.8) is 0 Å². The molecule has 62 valence electrons. The number of carbonyl (C=O) groups excluding carboxylic acids is 1. The second-order valence-corrected chi connectivity index (χ2v) is 4.07. The van der Waals surface area contributed by atoms with Crippen molar-refractivity contribution in [2.24, 2.45) is 5.92 Å². The molecule has 0 aromatic rings. The van der Waals surface area contributed by atoms with Gasteiger partial charge in [-0.1, -0.05) is 0 Å². The molecule has 0 aromatic heterocycles. The summed E-state index contributed by atoms with van der Waals surface area (Å²) < 4.78 is 0. The highest BCUT2D eigenvalue weighted by Crippen LogP contribution is 2.17. The summed E-state index contributed by atoms with van der Waals surface area (Å²) in [5.41, 5.74) is 0. The van der Waals surface area contributed by atoms with Crippen LogP contribution in [-0.4, -0.2) is 42.1 Å². The summed E-state index contributed by atoms with van der Waals surface area (Å²) in [5.74, 6) is 2.67. The van der Waals surface area contributed by atoms with Gasteiger partial charge in [-0.15, -0.1) is 11.8 Å². The lowest BCUT2D eigenvalue weighted by atomic mass is 10.0. The number of thioether (sulfide) groups is 1.